The Morgan fingerprint density at radius 3 is 2.33 bits per heavy atom. The molecule has 1 fully saturated rings. The minimum absolute atomic E-state index is 0.213. The number of hydrogen-bond acceptors (Lipinski definition) is 5. The van der Waals surface area contributed by atoms with Crippen molar-refractivity contribution in [2.24, 2.45) is 0 Å². The van der Waals surface area contributed by atoms with Crippen LogP contribution in [0, 0.1) is 0 Å². The van der Waals surface area contributed by atoms with Gasteiger partial charge in [0.1, 0.15) is 5.82 Å². The van der Waals surface area contributed by atoms with Gasteiger partial charge in [-0.15, -0.1) is 0 Å². The van der Waals surface area contributed by atoms with Crippen LogP contribution in [-0.4, -0.2) is 42.2 Å². The number of aromatic nitrogens is 2. The summed E-state index contributed by atoms with van der Waals surface area (Å²) in [6, 6.07) is 0. The monoisotopic (exact) mass is 255 g/mol. The minimum atomic E-state index is -2.89. The molecule has 5 nitrogen and oxygen atoms in total. The molecule has 2 heterocycles. The van der Waals surface area contributed by atoms with Crippen molar-refractivity contribution in [2.75, 3.05) is 18.9 Å². The highest BCUT2D eigenvalue weighted by atomic mass is 16.7. The summed E-state index contributed by atoms with van der Waals surface area (Å²) >= 11 is 0. The number of hydrogen-bond donors (Lipinski definition) is 0. The summed E-state index contributed by atoms with van der Waals surface area (Å²) in [4.78, 5) is 8.30. The zero-order valence-corrected chi connectivity index (χ0v) is 10.9. The molecule has 2 rings (SSSR count). The van der Waals surface area contributed by atoms with E-state index in [0.717, 1.165) is 6.20 Å². The van der Waals surface area contributed by atoms with E-state index in [0.29, 0.717) is 0 Å². The van der Waals surface area contributed by atoms with E-state index in [9.17, 15) is 0 Å². The summed E-state index contributed by atoms with van der Waals surface area (Å²) in [7, 11) is -0.863. The average Bonchev–Trinajstić information content (AvgIpc) is 2.55. The highest BCUT2D eigenvalue weighted by Gasteiger charge is 2.52. The molecule has 0 aromatic carbocycles. The Balaban J connectivity index is 2.40. The van der Waals surface area contributed by atoms with Crippen LogP contribution in [0.5, 0.6) is 0 Å². The molecule has 0 amide bonds. The van der Waals surface area contributed by atoms with E-state index in [2.05, 4.69) is 9.97 Å². The standard InChI is InChI=1S/C12H20BN3O2/c1-11(2)12(3,4)18-13(17-11)9-7-14-8-10(15-9)16(5)6/h7-8H,1-6H3/i5D3,6D3. The molecule has 18 heavy (non-hydrogen) atoms. The van der Waals surface area contributed by atoms with Crippen LogP contribution in [-0.2, 0) is 9.31 Å². The largest absolute Gasteiger partial charge is 0.516 e. The molecule has 0 N–H and O–H groups in total. The minimum Gasteiger partial charge on any atom is -0.398 e. The van der Waals surface area contributed by atoms with E-state index in [1.165, 1.54) is 6.20 Å². The second-order valence-corrected chi connectivity index (χ2v) is 5.23. The number of anilines is 1. The first-order valence-electron chi connectivity index (χ1n) is 8.63. The van der Waals surface area contributed by atoms with Gasteiger partial charge in [0.05, 0.1) is 23.0 Å². The van der Waals surface area contributed by atoms with Crippen molar-refractivity contribution in [1.29, 1.82) is 0 Å². The Morgan fingerprint density at radius 1 is 1.17 bits per heavy atom. The van der Waals surface area contributed by atoms with Crippen molar-refractivity contribution >= 4 is 18.5 Å². The molecule has 1 aliphatic rings. The zero-order valence-electron chi connectivity index (χ0n) is 16.9. The Labute approximate surface area is 117 Å². The van der Waals surface area contributed by atoms with Crippen LogP contribution < -0.4 is 10.5 Å². The SMILES string of the molecule is [2H]C([2H])([2H])N(c1cncc(B2OC(C)(C)C(C)(C)O2)n1)C([2H])([2H])[2H]. The van der Waals surface area contributed by atoms with Gasteiger partial charge < -0.3 is 14.2 Å². The predicted octanol–water partition coefficient (Wildman–Crippen LogP) is 0.842. The molecule has 6 heteroatoms. The van der Waals surface area contributed by atoms with Gasteiger partial charge >= 0.3 is 7.12 Å². The molecule has 0 bridgehead atoms. The molecule has 1 aliphatic heterocycles. The summed E-state index contributed by atoms with van der Waals surface area (Å²) < 4.78 is 56.4. The van der Waals surface area contributed by atoms with Crippen molar-refractivity contribution in [1.82, 2.24) is 9.97 Å². The van der Waals surface area contributed by atoms with Crippen molar-refractivity contribution in [2.45, 2.75) is 38.9 Å². The highest BCUT2D eigenvalue weighted by molar-refractivity contribution is 6.61. The first-order valence-corrected chi connectivity index (χ1v) is 5.63. The van der Waals surface area contributed by atoms with Gasteiger partial charge in [0, 0.05) is 28.4 Å². The first-order chi connectivity index (χ1) is 10.7. The third-order valence-electron chi connectivity index (χ3n) is 3.36. The number of rotatable bonds is 2. The van der Waals surface area contributed by atoms with Crippen molar-refractivity contribution < 1.29 is 17.5 Å². The van der Waals surface area contributed by atoms with Gasteiger partial charge in [-0.1, -0.05) is 0 Å². The lowest BCUT2D eigenvalue weighted by Crippen LogP contribution is -2.41. The maximum atomic E-state index is 7.46. The third kappa shape index (κ3) is 2.22. The van der Waals surface area contributed by atoms with Crippen molar-refractivity contribution in [3.63, 3.8) is 0 Å². The number of nitrogens with zero attached hydrogens (tertiary/aromatic N) is 3. The summed E-state index contributed by atoms with van der Waals surface area (Å²) in [5, 5.41) is 0. The Kier molecular flexibility index (Phi) is 1.74. The smallest absolute Gasteiger partial charge is 0.398 e. The molecule has 1 aromatic heterocycles. The van der Waals surface area contributed by atoms with Crippen LogP contribution in [0.3, 0.4) is 0 Å². The summed E-state index contributed by atoms with van der Waals surface area (Å²) in [6.45, 7) is 1.66. The van der Waals surface area contributed by atoms with Crippen LogP contribution in [0.15, 0.2) is 12.4 Å². The average molecular weight is 255 g/mol. The molecule has 1 saturated heterocycles. The summed E-state index contributed by atoms with van der Waals surface area (Å²) in [6.07, 6.45) is 2.45. The Bertz CT molecular complexity index is 590. The quantitative estimate of drug-likeness (QED) is 0.733. The molecular weight excluding hydrogens is 229 g/mol. The Hall–Kier alpha value is -1.14. The highest BCUT2D eigenvalue weighted by Crippen LogP contribution is 2.36. The Morgan fingerprint density at radius 2 is 1.78 bits per heavy atom. The predicted molar refractivity (Wildman–Crippen MR) is 72.1 cm³/mol. The van der Waals surface area contributed by atoms with Crippen LogP contribution in [0.1, 0.15) is 35.9 Å². The summed E-state index contributed by atoms with van der Waals surface area (Å²) in [5.74, 6) is -0.290. The second kappa shape index (κ2) is 4.21. The molecule has 0 saturated carbocycles. The molecule has 0 spiro atoms. The topological polar surface area (TPSA) is 47.5 Å². The van der Waals surface area contributed by atoms with Crippen LogP contribution in [0.2, 0.25) is 0 Å². The fourth-order valence-electron chi connectivity index (χ4n) is 1.56. The maximum absolute atomic E-state index is 7.46. The fourth-order valence-corrected chi connectivity index (χ4v) is 1.56. The van der Waals surface area contributed by atoms with E-state index in [1.807, 2.05) is 27.7 Å². The van der Waals surface area contributed by atoms with E-state index in [4.69, 9.17) is 17.5 Å². The zero-order chi connectivity index (χ0) is 18.6. The molecule has 0 aliphatic carbocycles. The lowest BCUT2D eigenvalue weighted by atomic mass is 9.85. The van der Waals surface area contributed by atoms with Crippen LogP contribution in [0.25, 0.3) is 0 Å². The van der Waals surface area contributed by atoms with E-state index >= 15 is 0 Å². The molecular formula is C12H20BN3O2. The van der Waals surface area contributed by atoms with Crippen LogP contribution >= 0.6 is 0 Å². The second-order valence-electron chi connectivity index (χ2n) is 5.23. The van der Waals surface area contributed by atoms with Gasteiger partial charge in [0.2, 0.25) is 0 Å². The maximum Gasteiger partial charge on any atom is 0.516 e. The van der Waals surface area contributed by atoms with E-state index in [-0.39, 0.29) is 16.3 Å². The molecule has 0 unspecified atom stereocenters. The first kappa shape index (κ1) is 7.45. The van der Waals surface area contributed by atoms with Crippen LogP contribution in [0.4, 0.5) is 5.82 Å². The van der Waals surface area contributed by atoms with Crippen molar-refractivity contribution in [3.8, 4) is 0 Å². The van der Waals surface area contributed by atoms with Gasteiger partial charge in [0.25, 0.3) is 0 Å². The van der Waals surface area contributed by atoms with Gasteiger partial charge in [-0.05, 0) is 27.7 Å². The fraction of sp³-hybridized carbons (Fsp3) is 0.667. The normalized spacial score (nSPS) is 27.4. The third-order valence-corrected chi connectivity index (χ3v) is 3.36. The van der Waals surface area contributed by atoms with Gasteiger partial charge in [-0.3, -0.25) is 4.98 Å². The molecule has 0 radical (unpaired) electrons. The van der Waals surface area contributed by atoms with E-state index in [1.54, 1.807) is 0 Å². The molecule has 1 aromatic rings. The van der Waals surface area contributed by atoms with Gasteiger partial charge in [-0.25, -0.2) is 4.98 Å². The molecule has 98 valence electrons. The van der Waals surface area contributed by atoms with E-state index < -0.39 is 32.3 Å². The lowest BCUT2D eigenvalue weighted by Gasteiger charge is -2.32. The van der Waals surface area contributed by atoms with Gasteiger partial charge in [0.15, 0.2) is 0 Å². The van der Waals surface area contributed by atoms with Crippen molar-refractivity contribution in [3.05, 3.63) is 12.4 Å². The summed E-state index contributed by atoms with van der Waals surface area (Å²) in [5.41, 5.74) is -1.00. The van der Waals surface area contributed by atoms with Gasteiger partial charge in [-0.2, -0.15) is 0 Å². The lowest BCUT2D eigenvalue weighted by molar-refractivity contribution is 0.00578. The molecule has 0 atom stereocenters.